The van der Waals surface area contributed by atoms with Gasteiger partial charge in [0, 0.05) is 19.6 Å². The van der Waals surface area contributed by atoms with Gasteiger partial charge >= 0.3 is 0 Å². The molecular formula is C17H27NO3. The molecule has 1 aliphatic heterocycles. The van der Waals surface area contributed by atoms with Crippen LogP contribution in [-0.4, -0.2) is 32.7 Å². The van der Waals surface area contributed by atoms with Gasteiger partial charge in [0.2, 0.25) is 0 Å². The van der Waals surface area contributed by atoms with E-state index in [1.54, 1.807) is 0 Å². The summed E-state index contributed by atoms with van der Waals surface area (Å²) in [6, 6.07) is 6.45. The largest absolute Gasteiger partial charge is 0.493 e. The van der Waals surface area contributed by atoms with Crippen molar-refractivity contribution < 1.29 is 14.2 Å². The summed E-state index contributed by atoms with van der Waals surface area (Å²) in [4.78, 5) is 0. The van der Waals surface area contributed by atoms with Gasteiger partial charge in [-0.15, -0.1) is 0 Å². The van der Waals surface area contributed by atoms with Crippen LogP contribution >= 0.6 is 0 Å². The van der Waals surface area contributed by atoms with Crippen molar-refractivity contribution in [1.82, 2.24) is 5.32 Å². The average Bonchev–Trinajstić information content (AvgIpc) is 2.95. The number of rotatable bonds is 9. The number of benzene rings is 1. The van der Waals surface area contributed by atoms with E-state index < -0.39 is 0 Å². The van der Waals surface area contributed by atoms with Gasteiger partial charge in [-0.1, -0.05) is 19.1 Å². The molecule has 0 bridgehead atoms. The zero-order valence-corrected chi connectivity index (χ0v) is 13.4. The van der Waals surface area contributed by atoms with Crippen molar-refractivity contribution in [2.24, 2.45) is 0 Å². The molecule has 0 amide bonds. The number of ether oxygens (including phenoxy) is 3. The lowest BCUT2D eigenvalue weighted by atomic mass is 10.0. The standard InChI is InChI=1S/C17H27NO3/c1-4-10-18-16(17(19-5-2)20-6-3)14-7-8-15-13(12-14)9-11-21-15/h7-8,12,16-18H,4-6,9-11H2,1-3H3. The SMILES string of the molecule is CCCNC(c1ccc2c(c1)CCO2)C(OCC)OCC. The van der Waals surface area contributed by atoms with E-state index in [2.05, 4.69) is 30.4 Å². The third-order valence-electron chi connectivity index (χ3n) is 3.62. The minimum absolute atomic E-state index is 0.0516. The zero-order valence-electron chi connectivity index (χ0n) is 13.4. The van der Waals surface area contributed by atoms with E-state index in [0.29, 0.717) is 13.2 Å². The Morgan fingerprint density at radius 1 is 1.19 bits per heavy atom. The highest BCUT2D eigenvalue weighted by molar-refractivity contribution is 5.41. The minimum Gasteiger partial charge on any atom is -0.493 e. The Morgan fingerprint density at radius 2 is 1.95 bits per heavy atom. The first-order valence-corrected chi connectivity index (χ1v) is 8.02. The van der Waals surface area contributed by atoms with Gasteiger partial charge in [-0.25, -0.2) is 0 Å². The molecule has 118 valence electrons. The van der Waals surface area contributed by atoms with Crippen LogP contribution < -0.4 is 10.1 Å². The van der Waals surface area contributed by atoms with Crippen LogP contribution in [0, 0.1) is 0 Å². The Morgan fingerprint density at radius 3 is 2.62 bits per heavy atom. The fourth-order valence-electron chi connectivity index (χ4n) is 2.64. The van der Waals surface area contributed by atoms with Gasteiger partial charge in [0.05, 0.1) is 12.6 Å². The summed E-state index contributed by atoms with van der Waals surface area (Å²) in [6.07, 6.45) is 1.81. The van der Waals surface area contributed by atoms with Crippen LogP contribution in [0.4, 0.5) is 0 Å². The monoisotopic (exact) mass is 293 g/mol. The fourth-order valence-corrected chi connectivity index (χ4v) is 2.64. The molecular weight excluding hydrogens is 266 g/mol. The summed E-state index contributed by atoms with van der Waals surface area (Å²) in [5.74, 6) is 1.01. The van der Waals surface area contributed by atoms with Crippen molar-refractivity contribution in [1.29, 1.82) is 0 Å². The van der Waals surface area contributed by atoms with Gasteiger partial charge in [-0.2, -0.15) is 0 Å². The summed E-state index contributed by atoms with van der Waals surface area (Å²) in [6.45, 7) is 9.17. The minimum atomic E-state index is -0.257. The molecule has 1 N–H and O–H groups in total. The molecule has 0 aliphatic carbocycles. The molecule has 0 saturated carbocycles. The molecule has 0 aromatic heterocycles. The van der Waals surface area contributed by atoms with Crippen molar-refractivity contribution in [3.63, 3.8) is 0 Å². The molecule has 4 heteroatoms. The summed E-state index contributed by atoms with van der Waals surface area (Å²) < 4.78 is 17.2. The topological polar surface area (TPSA) is 39.7 Å². The Labute approximate surface area is 127 Å². The number of fused-ring (bicyclic) bond motifs is 1. The van der Waals surface area contributed by atoms with Gasteiger partial charge < -0.3 is 19.5 Å². The maximum Gasteiger partial charge on any atom is 0.176 e. The van der Waals surface area contributed by atoms with Gasteiger partial charge in [0.15, 0.2) is 6.29 Å². The first kappa shape index (κ1) is 16.3. The summed E-state index contributed by atoms with van der Waals surface area (Å²) >= 11 is 0. The molecule has 1 atom stereocenters. The highest BCUT2D eigenvalue weighted by Crippen LogP contribution is 2.30. The number of hydrogen-bond donors (Lipinski definition) is 1. The lowest BCUT2D eigenvalue weighted by molar-refractivity contribution is -0.155. The molecule has 1 aromatic rings. The number of nitrogens with one attached hydrogen (secondary N) is 1. The van der Waals surface area contributed by atoms with Gasteiger partial charge in [0.25, 0.3) is 0 Å². The summed E-state index contributed by atoms with van der Waals surface area (Å²) in [5.41, 5.74) is 2.49. The second-order valence-electron chi connectivity index (χ2n) is 5.18. The van der Waals surface area contributed by atoms with Gasteiger partial charge in [-0.05, 0) is 44.0 Å². The molecule has 1 aliphatic rings. The smallest absolute Gasteiger partial charge is 0.176 e. The van der Waals surface area contributed by atoms with E-state index in [4.69, 9.17) is 14.2 Å². The van der Waals surface area contributed by atoms with Crippen LogP contribution in [0.1, 0.15) is 44.4 Å². The Hall–Kier alpha value is -1.10. The molecule has 2 rings (SSSR count). The van der Waals surface area contributed by atoms with E-state index in [1.165, 1.54) is 11.1 Å². The van der Waals surface area contributed by atoms with E-state index in [9.17, 15) is 0 Å². The Balaban J connectivity index is 2.20. The number of hydrogen-bond acceptors (Lipinski definition) is 4. The van der Waals surface area contributed by atoms with Crippen LogP contribution in [0.25, 0.3) is 0 Å². The van der Waals surface area contributed by atoms with Crippen molar-refractivity contribution in [2.75, 3.05) is 26.4 Å². The first-order valence-electron chi connectivity index (χ1n) is 8.02. The molecule has 0 spiro atoms. The third kappa shape index (κ3) is 4.19. The lowest BCUT2D eigenvalue weighted by Crippen LogP contribution is -2.36. The third-order valence-corrected chi connectivity index (χ3v) is 3.62. The maximum atomic E-state index is 5.80. The fraction of sp³-hybridized carbons (Fsp3) is 0.647. The van der Waals surface area contributed by atoms with E-state index >= 15 is 0 Å². The van der Waals surface area contributed by atoms with Crippen LogP contribution in [-0.2, 0) is 15.9 Å². The molecule has 1 unspecified atom stereocenters. The molecule has 1 aromatic carbocycles. The van der Waals surface area contributed by atoms with Crippen LogP contribution in [0.2, 0.25) is 0 Å². The quantitative estimate of drug-likeness (QED) is 0.710. The average molecular weight is 293 g/mol. The van der Waals surface area contributed by atoms with E-state index in [-0.39, 0.29) is 12.3 Å². The maximum absolute atomic E-state index is 5.80. The molecule has 0 saturated heterocycles. The Bertz CT molecular complexity index is 430. The van der Waals surface area contributed by atoms with Crippen LogP contribution in [0.15, 0.2) is 18.2 Å². The van der Waals surface area contributed by atoms with E-state index in [1.807, 2.05) is 13.8 Å². The second-order valence-corrected chi connectivity index (χ2v) is 5.18. The molecule has 1 heterocycles. The van der Waals surface area contributed by atoms with Crippen molar-refractivity contribution in [3.8, 4) is 5.75 Å². The zero-order chi connectivity index (χ0) is 15.1. The molecule has 21 heavy (non-hydrogen) atoms. The van der Waals surface area contributed by atoms with Crippen molar-refractivity contribution in [2.45, 2.75) is 45.9 Å². The van der Waals surface area contributed by atoms with Crippen LogP contribution in [0.5, 0.6) is 5.75 Å². The Kier molecular flexibility index (Phi) is 6.49. The lowest BCUT2D eigenvalue weighted by Gasteiger charge is -2.28. The van der Waals surface area contributed by atoms with Gasteiger partial charge in [-0.3, -0.25) is 0 Å². The van der Waals surface area contributed by atoms with Crippen molar-refractivity contribution >= 4 is 0 Å². The highest BCUT2D eigenvalue weighted by Gasteiger charge is 2.25. The first-order chi connectivity index (χ1) is 10.3. The van der Waals surface area contributed by atoms with E-state index in [0.717, 1.165) is 31.7 Å². The van der Waals surface area contributed by atoms with Crippen molar-refractivity contribution in [3.05, 3.63) is 29.3 Å². The van der Waals surface area contributed by atoms with Gasteiger partial charge in [0.1, 0.15) is 5.75 Å². The summed E-state index contributed by atoms with van der Waals surface area (Å²) in [5, 5.41) is 3.56. The predicted molar refractivity (Wildman–Crippen MR) is 83.7 cm³/mol. The second kappa shape index (κ2) is 8.37. The normalized spacial score (nSPS) is 15.0. The molecule has 4 nitrogen and oxygen atoms in total. The predicted octanol–water partition coefficient (Wildman–Crippen LogP) is 3.06. The molecule has 0 fully saturated rings. The molecule has 0 radical (unpaired) electrons. The van der Waals surface area contributed by atoms with Crippen LogP contribution in [0.3, 0.4) is 0 Å². The summed E-state index contributed by atoms with van der Waals surface area (Å²) in [7, 11) is 0. The highest BCUT2D eigenvalue weighted by atomic mass is 16.7.